The van der Waals surface area contributed by atoms with Crippen molar-refractivity contribution in [2.75, 3.05) is 19.6 Å². The SMILES string of the molecule is CCN1C[C@H]2C[C@@H](C1)[C@H](Cc1ccccc1)n1c2cccc1=O. The van der Waals surface area contributed by atoms with Crippen molar-refractivity contribution in [1.29, 1.82) is 0 Å². The zero-order valence-corrected chi connectivity index (χ0v) is 13.7. The summed E-state index contributed by atoms with van der Waals surface area (Å²) in [6.45, 7) is 5.55. The standard InChI is InChI=1S/C20H24N2O/c1-2-21-13-16-12-17(14-21)19(11-15-7-4-3-5-8-15)22-18(16)9-6-10-20(22)23/h3-10,16-17,19H,2,11-14H2,1H3/t16-,17+,19+/m1/s1. The van der Waals surface area contributed by atoms with Gasteiger partial charge in [-0.25, -0.2) is 0 Å². The highest BCUT2D eigenvalue weighted by Crippen LogP contribution is 2.42. The van der Waals surface area contributed by atoms with Gasteiger partial charge in [-0.05, 0) is 36.9 Å². The number of hydrogen-bond acceptors (Lipinski definition) is 2. The number of rotatable bonds is 3. The van der Waals surface area contributed by atoms with Gasteiger partial charge in [-0.1, -0.05) is 43.3 Å². The number of aromatic nitrogens is 1. The smallest absolute Gasteiger partial charge is 0.251 e. The van der Waals surface area contributed by atoms with Gasteiger partial charge in [0.2, 0.25) is 0 Å². The molecule has 0 saturated carbocycles. The highest BCUT2D eigenvalue weighted by Gasteiger charge is 2.39. The summed E-state index contributed by atoms with van der Waals surface area (Å²) in [6, 6.07) is 16.7. The molecule has 1 fully saturated rings. The molecule has 2 aliphatic rings. The van der Waals surface area contributed by atoms with E-state index in [1.165, 1.54) is 17.7 Å². The fraction of sp³-hybridized carbons (Fsp3) is 0.450. The maximum absolute atomic E-state index is 12.6. The van der Waals surface area contributed by atoms with E-state index >= 15 is 0 Å². The van der Waals surface area contributed by atoms with E-state index in [-0.39, 0.29) is 11.6 Å². The summed E-state index contributed by atoms with van der Waals surface area (Å²) in [5.41, 5.74) is 2.74. The molecule has 3 heterocycles. The molecule has 3 atom stereocenters. The number of likely N-dealkylation sites (tertiary alicyclic amines) is 1. The quantitative estimate of drug-likeness (QED) is 0.870. The number of hydrogen-bond donors (Lipinski definition) is 0. The highest BCUT2D eigenvalue weighted by molar-refractivity contribution is 5.22. The molecule has 1 aromatic carbocycles. The number of likely N-dealkylation sites (N-methyl/N-ethyl adjacent to an activating group) is 1. The van der Waals surface area contributed by atoms with Crippen LogP contribution in [-0.2, 0) is 6.42 Å². The van der Waals surface area contributed by atoms with E-state index in [1.54, 1.807) is 6.07 Å². The third kappa shape index (κ3) is 2.63. The Kier molecular flexibility index (Phi) is 3.82. The minimum atomic E-state index is 0.170. The number of pyridine rings is 1. The van der Waals surface area contributed by atoms with Crippen LogP contribution in [0.1, 0.15) is 36.6 Å². The molecule has 3 heteroatoms. The molecule has 3 nitrogen and oxygen atoms in total. The lowest BCUT2D eigenvalue weighted by Crippen LogP contribution is -2.49. The Bertz CT molecular complexity index is 737. The van der Waals surface area contributed by atoms with E-state index in [1.807, 2.05) is 6.07 Å². The van der Waals surface area contributed by atoms with E-state index in [2.05, 4.69) is 52.8 Å². The van der Waals surface area contributed by atoms with Crippen LogP contribution >= 0.6 is 0 Å². The van der Waals surface area contributed by atoms with Gasteiger partial charge in [0.1, 0.15) is 0 Å². The Balaban J connectivity index is 1.77. The van der Waals surface area contributed by atoms with Crippen LogP contribution in [0.15, 0.2) is 53.3 Å². The van der Waals surface area contributed by atoms with Gasteiger partial charge in [-0.2, -0.15) is 0 Å². The zero-order chi connectivity index (χ0) is 15.8. The largest absolute Gasteiger partial charge is 0.309 e. The second-order valence-electron chi connectivity index (χ2n) is 6.96. The molecule has 2 aromatic rings. The molecule has 0 radical (unpaired) electrons. The van der Waals surface area contributed by atoms with Crippen molar-refractivity contribution in [2.24, 2.45) is 5.92 Å². The molecule has 0 unspecified atom stereocenters. The Morgan fingerprint density at radius 1 is 1.04 bits per heavy atom. The van der Waals surface area contributed by atoms with Gasteiger partial charge >= 0.3 is 0 Å². The Morgan fingerprint density at radius 3 is 2.65 bits per heavy atom. The lowest BCUT2D eigenvalue weighted by molar-refractivity contribution is 0.0945. The van der Waals surface area contributed by atoms with Gasteiger partial charge in [0.15, 0.2) is 0 Å². The molecule has 1 aromatic heterocycles. The molecule has 2 aliphatic heterocycles. The van der Waals surface area contributed by atoms with Crippen molar-refractivity contribution in [3.05, 3.63) is 70.1 Å². The molecule has 1 saturated heterocycles. The molecule has 0 N–H and O–H groups in total. The number of fused-ring (bicyclic) bond motifs is 4. The molecular formula is C20H24N2O. The minimum absolute atomic E-state index is 0.170. The zero-order valence-electron chi connectivity index (χ0n) is 13.7. The van der Waals surface area contributed by atoms with Crippen LogP contribution in [0.5, 0.6) is 0 Å². The normalized spacial score (nSPS) is 26.7. The third-order valence-corrected chi connectivity index (χ3v) is 5.61. The van der Waals surface area contributed by atoms with E-state index in [4.69, 9.17) is 0 Å². The molecule has 0 aliphatic carbocycles. The molecule has 4 rings (SSSR count). The fourth-order valence-electron chi connectivity index (χ4n) is 4.51. The molecule has 0 spiro atoms. The molecule has 2 bridgehead atoms. The molecule has 0 amide bonds. The lowest BCUT2D eigenvalue weighted by atomic mass is 9.76. The van der Waals surface area contributed by atoms with Gasteiger partial charge in [0, 0.05) is 36.8 Å². The summed E-state index contributed by atoms with van der Waals surface area (Å²) in [5.74, 6) is 1.08. The highest BCUT2D eigenvalue weighted by atomic mass is 16.1. The first-order chi connectivity index (χ1) is 11.3. The van der Waals surface area contributed by atoms with E-state index in [0.29, 0.717) is 11.8 Å². The second-order valence-corrected chi connectivity index (χ2v) is 6.96. The minimum Gasteiger partial charge on any atom is -0.309 e. The van der Waals surface area contributed by atoms with Gasteiger partial charge in [0.25, 0.3) is 5.56 Å². The van der Waals surface area contributed by atoms with E-state index in [9.17, 15) is 4.79 Å². The Labute approximate surface area is 137 Å². The molecule has 23 heavy (non-hydrogen) atoms. The van der Waals surface area contributed by atoms with Gasteiger partial charge in [-0.15, -0.1) is 0 Å². The topological polar surface area (TPSA) is 25.2 Å². The average Bonchev–Trinajstić information content (AvgIpc) is 2.59. The number of benzene rings is 1. The van der Waals surface area contributed by atoms with Crippen molar-refractivity contribution in [2.45, 2.75) is 31.7 Å². The number of nitrogens with zero attached hydrogens (tertiary/aromatic N) is 2. The fourth-order valence-corrected chi connectivity index (χ4v) is 4.51. The summed E-state index contributed by atoms with van der Waals surface area (Å²) < 4.78 is 2.11. The van der Waals surface area contributed by atoms with Crippen LogP contribution in [0.25, 0.3) is 0 Å². The van der Waals surface area contributed by atoms with Crippen LogP contribution in [0, 0.1) is 5.92 Å². The Morgan fingerprint density at radius 2 is 1.87 bits per heavy atom. The monoisotopic (exact) mass is 308 g/mol. The van der Waals surface area contributed by atoms with E-state index < -0.39 is 0 Å². The maximum atomic E-state index is 12.6. The van der Waals surface area contributed by atoms with Crippen LogP contribution in [0.3, 0.4) is 0 Å². The average molecular weight is 308 g/mol. The van der Waals surface area contributed by atoms with Crippen LogP contribution in [0.4, 0.5) is 0 Å². The van der Waals surface area contributed by atoms with Gasteiger partial charge in [0.05, 0.1) is 0 Å². The number of piperidine rings is 1. The van der Waals surface area contributed by atoms with Crippen LogP contribution in [0.2, 0.25) is 0 Å². The summed E-state index contributed by atoms with van der Waals surface area (Å²) in [6.07, 6.45) is 2.17. The predicted octanol–water partition coefficient (Wildman–Crippen LogP) is 3.07. The van der Waals surface area contributed by atoms with E-state index in [0.717, 1.165) is 26.1 Å². The first-order valence-corrected chi connectivity index (χ1v) is 8.74. The summed E-state index contributed by atoms with van der Waals surface area (Å²) in [4.78, 5) is 15.1. The third-order valence-electron chi connectivity index (χ3n) is 5.61. The first-order valence-electron chi connectivity index (χ1n) is 8.74. The first kappa shape index (κ1) is 14.7. The summed E-state index contributed by atoms with van der Waals surface area (Å²) in [7, 11) is 0. The van der Waals surface area contributed by atoms with Gasteiger partial charge < -0.3 is 9.47 Å². The second kappa shape index (κ2) is 5.97. The molecular weight excluding hydrogens is 284 g/mol. The summed E-state index contributed by atoms with van der Waals surface area (Å²) in [5, 5.41) is 0. The van der Waals surface area contributed by atoms with Crippen molar-refractivity contribution in [3.8, 4) is 0 Å². The van der Waals surface area contributed by atoms with Crippen molar-refractivity contribution < 1.29 is 0 Å². The van der Waals surface area contributed by atoms with Crippen molar-refractivity contribution in [1.82, 2.24) is 9.47 Å². The van der Waals surface area contributed by atoms with Gasteiger partial charge in [-0.3, -0.25) is 4.79 Å². The molecule has 120 valence electrons. The predicted molar refractivity (Wildman–Crippen MR) is 92.8 cm³/mol. The van der Waals surface area contributed by atoms with Crippen molar-refractivity contribution in [3.63, 3.8) is 0 Å². The summed E-state index contributed by atoms with van der Waals surface area (Å²) >= 11 is 0. The van der Waals surface area contributed by atoms with Crippen LogP contribution in [-0.4, -0.2) is 29.1 Å². The lowest BCUT2D eigenvalue weighted by Gasteiger charge is -2.47. The Hall–Kier alpha value is -1.87. The maximum Gasteiger partial charge on any atom is 0.251 e. The van der Waals surface area contributed by atoms with Crippen LogP contribution < -0.4 is 5.56 Å². The van der Waals surface area contributed by atoms with Crippen molar-refractivity contribution >= 4 is 0 Å².